The van der Waals surface area contributed by atoms with Crippen molar-refractivity contribution in [2.75, 3.05) is 30.3 Å². The normalized spacial score (nSPS) is 12.1. The Bertz CT molecular complexity index is 1450. The summed E-state index contributed by atoms with van der Waals surface area (Å²) in [5.41, 5.74) is 1.78. The molecule has 0 spiro atoms. The van der Waals surface area contributed by atoms with Crippen LogP contribution in [0.15, 0.2) is 72.8 Å². The van der Waals surface area contributed by atoms with Crippen LogP contribution in [0.25, 0.3) is 0 Å². The van der Waals surface area contributed by atoms with Crippen molar-refractivity contribution in [1.29, 1.82) is 0 Å². The molecule has 3 aromatic rings. The molecule has 0 fully saturated rings. The number of ether oxygens (including phenoxy) is 1. The molecule has 0 aliphatic rings. The first-order valence-corrected chi connectivity index (χ1v) is 16.2. The molecule has 0 saturated heterocycles. The lowest BCUT2D eigenvalue weighted by molar-refractivity contribution is -0.140. The molecule has 0 radical (unpaired) electrons. The predicted octanol–water partition coefficient (Wildman–Crippen LogP) is 5.57. The van der Waals surface area contributed by atoms with Crippen molar-refractivity contribution >= 4 is 50.7 Å². The molecule has 8 nitrogen and oxygen atoms in total. The van der Waals surface area contributed by atoms with E-state index in [0.717, 1.165) is 16.1 Å². The molecule has 1 unspecified atom stereocenters. The minimum absolute atomic E-state index is 0.00318. The summed E-state index contributed by atoms with van der Waals surface area (Å²) in [4.78, 5) is 29.2. The van der Waals surface area contributed by atoms with Crippen molar-refractivity contribution in [2.24, 2.45) is 5.92 Å². The second-order valence-electron chi connectivity index (χ2n) is 10.3. The molecule has 0 bridgehead atoms. The smallest absolute Gasteiger partial charge is 0.244 e. The predicted molar refractivity (Wildman–Crippen MR) is 169 cm³/mol. The Hall–Kier alpha value is -3.27. The number of carbonyl (C=O) groups excluding carboxylic acids is 2. The standard InChI is InChI=1S/C31H37Cl2N3O5S/c1-5-41-26-14-12-25(13-15-26)36(42(4,39)40)21-30(37)35(20-24-11-16-27(32)28(33)17-24)29(31(38)34-19-22(2)3)18-23-9-7-6-8-10-23/h6-17,22,29H,5,18-21H2,1-4H3,(H,34,38). The van der Waals surface area contributed by atoms with Gasteiger partial charge in [-0.2, -0.15) is 0 Å². The second-order valence-corrected chi connectivity index (χ2v) is 13.0. The number of nitrogens with one attached hydrogen (secondary N) is 1. The summed E-state index contributed by atoms with van der Waals surface area (Å²) in [6, 6.07) is 19.9. The molecule has 1 atom stereocenters. The van der Waals surface area contributed by atoms with E-state index in [9.17, 15) is 18.0 Å². The maximum absolute atomic E-state index is 14.1. The lowest BCUT2D eigenvalue weighted by Gasteiger charge is -2.33. The number of rotatable bonds is 14. The van der Waals surface area contributed by atoms with Crippen LogP contribution in [-0.4, -0.2) is 57.1 Å². The van der Waals surface area contributed by atoms with Gasteiger partial charge in [0.25, 0.3) is 0 Å². The lowest BCUT2D eigenvalue weighted by atomic mass is 10.0. The van der Waals surface area contributed by atoms with Crippen LogP contribution in [0.1, 0.15) is 31.9 Å². The quantitative estimate of drug-likeness (QED) is 0.250. The number of nitrogens with zero attached hydrogens (tertiary/aromatic N) is 2. The van der Waals surface area contributed by atoms with E-state index in [1.54, 1.807) is 42.5 Å². The molecule has 2 amide bonds. The molecule has 11 heteroatoms. The van der Waals surface area contributed by atoms with Crippen molar-refractivity contribution in [2.45, 2.75) is 39.8 Å². The van der Waals surface area contributed by atoms with Crippen molar-refractivity contribution in [1.82, 2.24) is 10.2 Å². The fourth-order valence-electron chi connectivity index (χ4n) is 4.30. The second kappa shape index (κ2) is 15.3. The highest BCUT2D eigenvalue weighted by atomic mass is 35.5. The molecule has 42 heavy (non-hydrogen) atoms. The minimum atomic E-state index is -3.88. The van der Waals surface area contributed by atoms with E-state index in [1.807, 2.05) is 51.1 Å². The van der Waals surface area contributed by atoms with Crippen molar-refractivity contribution < 1.29 is 22.7 Å². The molecule has 3 rings (SSSR count). The maximum atomic E-state index is 14.1. The number of halogens is 2. The Labute approximate surface area is 258 Å². The van der Waals surface area contributed by atoms with E-state index in [4.69, 9.17) is 27.9 Å². The largest absolute Gasteiger partial charge is 0.494 e. The molecule has 0 heterocycles. The summed E-state index contributed by atoms with van der Waals surface area (Å²) >= 11 is 12.4. The summed E-state index contributed by atoms with van der Waals surface area (Å²) < 4.78 is 32.4. The molecule has 226 valence electrons. The zero-order valence-electron chi connectivity index (χ0n) is 24.2. The van der Waals surface area contributed by atoms with E-state index in [-0.39, 0.29) is 24.8 Å². The highest BCUT2D eigenvalue weighted by Gasteiger charge is 2.33. The topological polar surface area (TPSA) is 96.0 Å². The van der Waals surface area contributed by atoms with Crippen molar-refractivity contribution in [3.05, 3.63) is 94.0 Å². The van der Waals surface area contributed by atoms with Gasteiger partial charge in [0.2, 0.25) is 21.8 Å². The number of hydrogen-bond donors (Lipinski definition) is 1. The van der Waals surface area contributed by atoms with E-state index in [2.05, 4.69) is 5.32 Å². The van der Waals surface area contributed by atoms with Crippen molar-refractivity contribution in [3.63, 3.8) is 0 Å². The van der Waals surface area contributed by atoms with Gasteiger partial charge in [-0.1, -0.05) is 73.4 Å². The maximum Gasteiger partial charge on any atom is 0.244 e. The molecule has 0 aliphatic carbocycles. The van der Waals surface area contributed by atoms with E-state index in [1.165, 1.54) is 4.90 Å². The number of benzene rings is 3. The first-order chi connectivity index (χ1) is 19.9. The Kier molecular flexibility index (Phi) is 12.1. The molecule has 0 aliphatic heterocycles. The molecule has 3 aromatic carbocycles. The fraction of sp³-hybridized carbons (Fsp3) is 0.355. The van der Waals surface area contributed by atoms with Crippen molar-refractivity contribution in [3.8, 4) is 5.75 Å². The first-order valence-electron chi connectivity index (χ1n) is 13.6. The molecule has 1 N–H and O–H groups in total. The van der Waals surface area contributed by atoms with Crippen LogP contribution in [0.4, 0.5) is 5.69 Å². The summed E-state index contributed by atoms with van der Waals surface area (Å²) in [6.07, 6.45) is 1.26. The third kappa shape index (κ3) is 9.64. The van der Waals surface area contributed by atoms with Gasteiger partial charge in [-0.3, -0.25) is 13.9 Å². The van der Waals surface area contributed by atoms with Gasteiger partial charge in [-0.15, -0.1) is 0 Å². The number of amides is 2. The molecular weight excluding hydrogens is 597 g/mol. The summed E-state index contributed by atoms with van der Waals surface area (Å²) in [5, 5.41) is 3.61. The summed E-state index contributed by atoms with van der Waals surface area (Å²) in [6.45, 7) is 6.17. The van der Waals surface area contributed by atoms with Gasteiger partial charge in [-0.25, -0.2) is 8.42 Å². The van der Waals surface area contributed by atoms with Gasteiger partial charge in [0, 0.05) is 19.5 Å². The van der Waals surface area contributed by atoms with Crippen LogP contribution in [0, 0.1) is 5.92 Å². The van der Waals surface area contributed by atoms with Gasteiger partial charge in [0.05, 0.1) is 28.6 Å². The molecular formula is C31H37Cl2N3O5S. The van der Waals surface area contributed by atoms with Gasteiger partial charge in [0.15, 0.2) is 0 Å². The van der Waals surface area contributed by atoms with Crippen LogP contribution in [0.5, 0.6) is 5.75 Å². The lowest BCUT2D eigenvalue weighted by Crippen LogP contribution is -2.53. The number of anilines is 1. The highest BCUT2D eigenvalue weighted by Crippen LogP contribution is 2.26. The average molecular weight is 635 g/mol. The van der Waals surface area contributed by atoms with Crippen LogP contribution >= 0.6 is 23.2 Å². The monoisotopic (exact) mass is 633 g/mol. The molecule has 0 saturated carbocycles. The Morgan fingerprint density at radius 3 is 2.17 bits per heavy atom. The van der Waals surface area contributed by atoms with Gasteiger partial charge >= 0.3 is 0 Å². The Morgan fingerprint density at radius 1 is 0.929 bits per heavy atom. The third-order valence-electron chi connectivity index (χ3n) is 6.41. The van der Waals surface area contributed by atoms with Crippen LogP contribution < -0.4 is 14.4 Å². The van der Waals surface area contributed by atoms with Gasteiger partial charge < -0.3 is 15.0 Å². The molecule has 0 aromatic heterocycles. The zero-order chi connectivity index (χ0) is 30.9. The van der Waals surface area contributed by atoms with Gasteiger partial charge in [-0.05, 0) is 60.4 Å². The average Bonchev–Trinajstić information content (AvgIpc) is 2.94. The Morgan fingerprint density at radius 2 is 1.60 bits per heavy atom. The van der Waals surface area contributed by atoms with Gasteiger partial charge in [0.1, 0.15) is 18.3 Å². The van der Waals surface area contributed by atoms with Crippen LogP contribution in [-0.2, 0) is 32.6 Å². The number of sulfonamides is 1. The highest BCUT2D eigenvalue weighted by molar-refractivity contribution is 7.92. The first kappa shape index (κ1) is 33.2. The summed E-state index contributed by atoms with van der Waals surface area (Å²) in [7, 11) is -3.88. The van der Waals surface area contributed by atoms with E-state index in [0.29, 0.717) is 40.2 Å². The van der Waals surface area contributed by atoms with E-state index < -0.39 is 28.5 Å². The number of carbonyl (C=O) groups is 2. The zero-order valence-corrected chi connectivity index (χ0v) is 26.5. The summed E-state index contributed by atoms with van der Waals surface area (Å²) in [5.74, 6) is -0.132. The third-order valence-corrected chi connectivity index (χ3v) is 8.29. The Balaban J connectivity index is 2.04. The van der Waals surface area contributed by atoms with Crippen LogP contribution in [0.3, 0.4) is 0 Å². The fourth-order valence-corrected chi connectivity index (χ4v) is 5.47. The number of hydrogen-bond acceptors (Lipinski definition) is 5. The SMILES string of the molecule is CCOc1ccc(N(CC(=O)N(Cc2ccc(Cl)c(Cl)c2)C(Cc2ccccc2)C(=O)NCC(C)C)S(C)(=O)=O)cc1. The van der Waals surface area contributed by atoms with Crippen LogP contribution in [0.2, 0.25) is 10.0 Å². The van der Waals surface area contributed by atoms with E-state index >= 15 is 0 Å². The minimum Gasteiger partial charge on any atom is -0.494 e.